The van der Waals surface area contributed by atoms with Gasteiger partial charge in [0.1, 0.15) is 5.75 Å². The van der Waals surface area contributed by atoms with Crippen LogP contribution in [-0.4, -0.2) is 6.61 Å². The molecule has 5 heteroatoms. The van der Waals surface area contributed by atoms with Gasteiger partial charge in [-0.3, -0.25) is 0 Å². The maximum Gasteiger partial charge on any atom is 0.419 e. The Balaban J connectivity index is 2.10. The summed E-state index contributed by atoms with van der Waals surface area (Å²) in [6.45, 7) is 0.341. The molecule has 1 saturated carbocycles. The van der Waals surface area contributed by atoms with Crippen LogP contribution < -0.4 is 4.74 Å². The first-order valence-electron chi connectivity index (χ1n) is 5.89. The van der Waals surface area contributed by atoms with E-state index in [1.54, 1.807) is 6.07 Å². The van der Waals surface area contributed by atoms with Crippen LogP contribution in [0.5, 0.6) is 5.75 Å². The van der Waals surface area contributed by atoms with Crippen molar-refractivity contribution in [2.24, 2.45) is 5.92 Å². The molecule has 1 nitrogen and oxygen atoms in total. The van der Waals surface area contributed by atoms with E-state index in [0.717, 1.165) is 12.5 Å². The smallest absolute Gasteiger partial charge is 0.419 e. The normalized spacial score (nSPS) is 15.8. The highest BCUT2D eigenvalue weighted by Gasteiger charge is 2.34. The van der Waals surface area contributed by atoms with Gasteiger partial charge in [-0.15, -0.1) is 11.6 Å². The average molecular weight is 279 g/mol. The molecule has 0 amide bonds. The number of hydrogen-bond acceptors (Lipinski definition) is 1. The van der Waals surface area contributed by atoms with Crippen LogP contribution in [0, 0.1) is 5.92 Å². The number of halogens is 4. The Morgan fingerprint density at radius 1 is 1.28 bits per heavy atom. The van der Waals surface area contributed by atoms with Crippen molar-refractivity contribution in [2.75, 3.05) is 6.61 Å². The molecule has 0 saturated heterocycles. The molecule has 0 unspecified atom stereocenters. The van der Waals surface area contributed by atoms with Crippen LogP contribution in [-0.2, 0) is 12.1 Å². The highest BCUT2D eigenvalue weighted by atomic mass is 35.5. The van der Waals surface area contributed by atoms with Crippen LogP contribution >= 0.6 is 11.6 Å². The van der Waals surface area contributed by atoms with Crippen LogP contribution in [0.25, 0.3) is 0 Å². The second kappa shape index (κ2) is 5.39. The predicted octanol–water partition coefficient (Wildman–Crippen LogP) is 4.62. The van der Waals surface area contributed by atoms with Gasteiger partial charge in [0.25, 0.3) is 0 Å². The lowest BCUT2D eigenvalue weighted by molar-refractivity contribution is -0.139. The number of ether oxygens (including phenoxy) is 1. The van der Waals surface area contributed by atoms with Gasteiger partial charge < -0.3 is 4.74 Å². The van der Waals surface area contributed by atoms with Gasteiger partial charge in [0.15, 0.2) is 0 Å². The Morgan fingerprint density at radius 2 is 2.00 bits per heavy atom. The summed E-state index contributed by atoms with van der Waals surface area (Å²) in [6, 6.07) is 3.97. The Hall–Kier alpha value is -0.900. The van der Waals surface area contributed by atoms with E-state index in [2.05, 4.69) is 0 Å². The molecule has 1 aliphatic rings. The van der Waals surface area contributed by atoms with Crippen molar-refractivity contribution in [2.45, 2.75) is 31.3 Å². The van der Waals surface area contributed by atoms with Crippen LogP contribution in [0.3, 0.4) is 0 Å². The first-order chi connectivity index (χ1) is 8.50. The Labute approximate surface area is 109 Å². The number of benzene rings is 1. The van der Waals surface area contributed by atoms with Crippen LogP contribution in [0.2, 0.25) is 0 Å². The van der Waals surface area contributed by atoms with Gasteiger partial charge in [-0.1, -0.05) is 18.9 Å². The summed E-state index contributed by atoms with van der Waals surface area (Å²) in [5, 5.41) is 0. The molecule has 2 rings (SSSR count). The zero-order chi connectivity index (χ0) is 13.2. The molecule has 18 heavy (non-hydrogen) atoms. The van der Waals surface area contributed by atoms with Crippen LogP contribution in [0.15, 0.2) is 18.2 Å². The van der Waals surface area contributed by atoms with Crippen molar-refractivity contribution >= 4 is 11.6 Å². The fraction of sp³-hybridized carbons (Fsp3) is 0.538. The van der Waals surface area contributed by atoms with Crippen molar-refractivity contribution in [1.29, 1.82) is 0 Å². The molecule has 1 fully saturated rings. The highest BCUT2D eigenvalue weighted by Crippen LogP contribution is 2.38. The lowest BCUT2D eigenvalue weighted by Crippen LogP contribution is -2.10. The van der Waals surface area contributed by atoms with Gasteiger partial charge in [0.2, 0.25) is 0 Å². The second-order valence-corrected chi connectivity index (χ2v) is 4.81. The van der Waals surface area contributed by atoms with E-state index in [9.17, 15) is 13.2 Å². The van der Waals surface area contributed by atoms with Crippen molar-refractivity contribution in [3.8, 4) is 5.75 Å². The van der Waals surface area contributed by atoms with Gasteiger partial charge in [0, 0.05) is 5.88 Å². The molecule has 0 atom stereocenters. The fourth-order valence-corrected chi connectivity index (χ4v) is 1.92. The first kappa shape index (κ1) is 13.5. The number of rotatable bonds is 5. The molecular formula is C13H14ClF3O. The molecule has 100 valence electrons. The average Bonchev–Trinajstić information content (AvgIpc) is 3.12. The third-order valence-electron chi connectivity index (χ3n) is 2.98. The van der Waals surface area contributed by atoms with Crippen molar-refractivity contribution < 1.29 is 17.9 Å². The van der Waals surface area contributed by atoms with Crippen LogP contribution in [0.1, 0.15) is 30.4 Å². The molecule has 0 spiro atoms. The molecular weight excluding hydrogens is 265 g/mol. The minimum atomic E-state index is -4.41. The third kappa shape index (κ3) is 3.55. The lowest BCUT2D eigenvalue weighted by atomic mass is 10.1. The Morgan fingerprint density at radius 3 is 2.56 bits per heavy atom. The van der Waals surface area contributed by atoms with Gasteiger partial charge in [0.05, 0.1) is 12.2 Å². The molecule has 0 heterocycles. The van der Waals surface area contributed by atoms with E-state index in [0.29, 0.717) is 18.1 Å². The summed E-state index contributed by atoms with van der Waals surface area (Å²) in [5.41, 5.74) is -0.296. The van der Waals surface area contributed by atoms with E-state index in [-0.39, 0.29) is 11.6 Å². The minimum Gasteiger partial charge on any atom is -0.493 e. The van der Waals surface area contributed by atoms with Gasteiger partial charge in [-0.05, 0) is 30.0 Å². The molecule has 0 aliphatic heterocycles. The Kier molecular flexibility index (Phi) is 4.05. The van der Waals surface area contributed by atoms with E-state index in [1.807, 2.05) is 0 Å². The summed E-state index contributed by atoms with van der Waals surface area (Å²) in [5.74, 6) is 0.601. The van der Waals surface area contributed by atoms with Gasteiger partial charge >= 0.3 is 6.18 Å². The lowest BCUT2D eigenvalue weighted by Gasteiger charge is -2.14. The van der Waals surface area contributed by atoms with E-state index in [1.165, 1.54) is 18.9 Å². The SMILES string of the molecule is FC(F)(F)c1cc(CCl)ccc1OCCC1CC1. The molecule has 1 aromatic rings. The maximum absolute atomic E-state index is 12.8. The van der Waals surface area contributed by atoms with Gasteiger partial charge in [-0.2, -0.15) is 13.2 Å². The molecule has 0 aromatic heterocycles. The second-order valence-electron chi connectivity index (χ2n) is 4.54. The van der Waals surface area contributed by atoms with E-state index in [4.69, 9.17) is 16.3 Å². The topological polar surface area (TPSA) is 9.23 Å². The number of hydrogen-bond donors (Lipinski definition) is 0. The largest absolute Gasteiger partial charge is 0.493 e. The van der Waals surface area contributed by atoms with Crippen molar-refractivity contribution in [3.05, 3.63) is 29.3 Å². The highest BCUT2D eigenvalue weighted by molar-refractivity contribution is 6.17. The summed E-state index contributed by atoms with van der Waals surface area (Å²) in [4.78, 5) is 0. The van der Waals surface area contributed by atoms with E-state index < -0.39 is 11.7 Å². The summed E-state index contributed by atoms with van der Waals surface area (Å²) in [6.07, 6.45) is -1.24. The van der Waals surface area contributed by atoms with Gasteiger partial charge in [-0.25, -0.2) is 0 Å². The monoisotopic (exact) mass is 278 g/mol. The third-order valence-corrected chi connectivity index (χ3v) is 3.29. The molecule has 0 N–H and O–H groups in total. The summed E-state index contributed by atoms with van der Waals surface area (Å²) < 4.78 is 43.8. The predicted molar refractivity (Wildman–Crippen MR) is 63.8 cm³/mol. The number of alkyl halides is 4. The zero-order valence-corrected chi connectivity index (χ0v) is 10.5. The molecule has 0 radical (unpaired) electrons. The van der Waals surface area contributed by atoms with Crippen molar-refractivity contribution in [1.82, 2.24) is 0 Å². The van der Waals surface area contributed by atoms with Crippen molar-refractivity contribution in [3.63, 3.8) is 0 Å². The molecule has 0 bridgehead atoms. The molecule has 1 aromatic carbocycles. The summed E-state index contributed by atoms with van der Waals surface area (Å²) >= 11 is 5.55. The maximum atomic E-state index is 12.8. The molecule has 1 aliphatic carbocycles. The zero-order valence-electron chi connectivity index (χ0n) is 9.77. The Bertz CT molecular complexity index is 413. The van der Waals surface area contributed by atoms with Crippen LogP contribution in [0.4, 0.5) is 13.2 Å². The quantitative estimate of drug-likeness (QED) is 0.714. The fourth-order valence-electron chi connectivity index (χ4n) is 1.75. The van der Waals surface area contributed by atoms with E-state index >= 15 is 0 Å². The summed E-state index contributed by atoms with van der Waals surface area (Å²) in [7, 11) is 0. The minimum absolute atomic E-state index is 0.0609. The first-order valence-corrected chi connectivity index (χ1v) is 6.43. The standard InChI is InChI=1S/C13H14ClF3O/c14-8-10-3-4-12(11(7-10)13(15,16)17)18-6-5-9-1-2-9/h3-4,7,9H,1-2,5-6,8H2.